The molecule has 0 aromatic heterocycles. The molecule has 13 heavy (non-hydrogen) atoms. The molecular formula is C8H16BNO3. The fourth-order valence-electron chi connectivity index (χ4n) is 1.07. The summed E-state index contributed by atoms with van der Waals surface area (Å²) in [6.45, 7) is 7.65. The Balaban J connectivity index is 2.76. The second-order valence-corrected chi connectivity index (χ2v) is 4.20. The molecule has 0 spiro atoms. The second-order valence-electron chi connectivity index (χ2n) is 4.20. The van der Waals surface area contributed by atoms with Crippen molar-refractivity contribution in [1.82, 2.24) is 5.32 Å². The van der Waals surface area contributed by atoms with Crippen molar-refractivity contribution in [3.63, 3.8) is 0 Å². The molecule has 0 aromatic carbocycles. The molecule has 0 unspecified atom stereocenters. The van der Waals surface area contributed by atoms with Gasteiger partial charge in [-0.2, -0.15) is 0 Å². The highest BCUT2D eigenvalue weighted by Crippen LogP contribution is 2.36. The Kier molecular flexibility index (Phi) is 2.43. The van der Waals surface area contributed by atoms with Crippen molar-refractivity contribution in [1.29, 1.82) is 0 Å². The summed E-state index contributed by atoms with van der Waals surface area (Å²) in [7, 11) is 0.780. The van der Waals surface area contributed by atoms with Gasteiger partial charge in [0.05, 0.1) is 11.2 Å². The topological polar surface area (TPSA) is 47.6 Å². The van der Waals surface area contributed by atoms with E-state index < -0.39 is 18.3 Å². The van der Waals surface area contributed by atoms with Gasteiger partial charge in [-0.1, -0.05) is 0 Å². The zero-order valence-corrected chi connectivity index (χ0v) is 8.80. The van der Waals surface area contributed by atoms with E-state index in [1.54, 1.807) is 7.05 Å². The lowest BCUT2D eigenvalue weighted by Gasteiger charge is -2.32. The first-order chi connectivity index (χ1) is 5.80. The molecule has 4 nitrogen and oxygen atoms in total. The van der Waals surface area contributed by atoms with E-state index in [4.69, 9.17) is 9.31 Å². The molecule has 0 atom stereocenters. The largest absolute Gasteiger partial charge is 0.558 e. The number of amides is 1. The minimum atomic E-state index is -0.782. The van der Waals surface area contributed by atoms with Crippen molar-refractivity contribution in [2.75, 3.05) is 7.05 Å². The molecule has 1 amide bonds. The van der Waals surface area contributed by atoms with Crippen LogP contribution in [0.4, 0.5) is 4.79 Å². The Morgan fingerprint density at radius 2 is 1.54 bits per heavy atom. The Hall–Kier alpha value is -0.545. The van der Waals surface area contributed by atoms with Crippen molar-refractivity contribution >= 4 is 12.9 Å². The summed E-state index contributed by atoms with van der Waals surface area (Å²) in [5, 5.41) is 2.49. The molecule has 74 valence electrons. The first-order valence-electron chi connectivity index (χ1n) is 4.37. The van der Waals surface area contributed by atoms with E-state index in [1.807, 2.05) is 27.7 Å². The van der Waals surface area contributed by atoms with E-state index in [0.717, 1.165) is 0 Å². The lowest BCUT2D eigenvalue weighted by molar-refractivity contribution is 0.00578. The third-order valence-electron chi connectivity index (χ3n) is 2.71. The number of nitrogens with one attached hydrogen (secondary N) is 1. The van der Waals surface area contributed by atoms with Crippen LogP contribution >= 0.6 is 0 Å². The fourth-order valence-corrected chi connectivity index (χ4v) is 1.07. The van der Waals surface area contributed by atoms with Gasteiger partial charge in [-0.25, -0.2) is 0 Å². The van der Waals surface area contributed by atoms with Gasteiger partial charge in [-0.15, -0.1) is 0 Å². The van der Waals surface area contributed by atoms with Gasteiger partial charge in [-0.3, -0.25) is 4.79 Å². The zero-order chi connectivity index (χ0) is 10.3. The minimum absolute atomic E-state index is 0.237. The van der Waals surface area contributed by atoms with Gasteiger partial charge in [-0.05, 0) is 27.7 Å². The van der Waals surface area contributed by atoms with Crippen molar-refractivity contribution in [3.05, 3.63) is 0 Å². The average Bonchev–Trinajstić information content (AvgIpc) is 2.20. The molecule has 0 aromatic rings. The van der Waals surface area contributed by atoms with Gasteiger partial charge in [0.15, 0.2) is 0 Å². The smallest absolute Gasteiger partial charge is 0.396 e. The van der Waals surface area contributed by atoms with E-state index in [2.05, 4.69) is 5.32 Å². The molecule has 0 saturated carbocycles. The van der Waals surface area contributed by atoms with Gasteiger partial charge in [0.2, 0.25) is 5.81 Å². The molecule has 1 rings (SSSR count). The number of hydrogen-bond acceptors (Lipinski definition) is 3. The molecule has 1 fully saturated rings. The van der Waals surface area contributed by atoms with Gasteiger partial charge >= 0.3 is 7.12 Å². The van der Waals surface area contributed by atoms with Crippen molar-refractivity contribution in [3.8, 4) is 0 Å². The maximum absolute atomic E-state index is 11.2. The lowest BCUT2D eigenvalue weighted by Crippen LogP contribution is -2.41. The maximum atomic E-state index is 11.2. The highest BCUT2D eigenvalue weighted by molar-refractivity contribution is 6.80. The van der Waals surface area contributed by atoms with Crippen molar-refractivity contribution in [2.45, 2.75) is 38.9 Å². The number of hydrogen-bond donors (Lipinski definition) is 1. The predicted molar refractivity (Wildman–Crippen MR) is 50.5 cm³/mol. The second kappa shape index (κ2) is 2.99. The van der Waals surface area contributed by atoms with Crippen LogP contribution in [-0.2, 0) is 9.31 Å². The van der Waals surface area contributed by atoms with E-state index in [0.29, 0.717) is 0 Å². The quantitative estimate of drug-likeness (QED) is 0.620. The Morgan fingerprint density at radius 3 is 1.85 bits per heavy atom. The summed E-state index contributed by atoms with van der Waals surface area (Å²) in [6.07, 6.45) is 0. The molecule has 0 radical (unpaired) electrons. The first kappa shape index (κ1) is 10.5. The molecule has 1 saturated heterocycles. The van der Waals surface area contributed by atoms with Crippen LogP contribution in [0.25, 0.3) is 0 Å². The molecular weight excluding hydrogens is 169 g/mol. The third-order valence-corrected chi connectivity index (χ3v) is 2.71. The standard InChI is InChI=1S/C8H16BNO3/c1-7(2)8(3,4)13-9(12-7)6(11)10-5/h1-5H3,(H,10,11). The van der Waals surface area contributed by atoms with Crippen LogP contribution in [0.5, 0.6) is 0 Å². The minimum Gasteiger partial charge on any atom is -0.396 e. The number of carbonyl (C=O) groups excluding carboxylic acids is 1. The predicted octanol–water partition coefficient (Wildman–Crippen LogP) is 1.000. The summed E-state index contributed by atoms with van der Waals surface area (Å²) >= 11 is 0. The summed E-state index contributed by atoms with van der Waals surface area (Å²) in [4.78, 5) is 11.2. The Morgan fingerprint density at radius 1 is 1.15 bits per heavy atom. The van der Waals surface area contributed by atoms with Gasteiger partial charge < -0.3 is 14.6 Å². The molecule has 0 aliphatic carbocycles. The Bertz CT molecular complexity index is 211. The van der Waals surface area contributed by atoms with Gasteiger partial charge in [0, 0.05) is 7.05 Å². The van der Waals surface area contributed by atoms with E-state index >= 15 is 0 Å². The highest BCUT2D eigenvalue weighted by atomic mass is 16.7. The molecule has 1 aliphatic rings. The number of carbonyl (C=O) groups is 1. The normalized spacial score (nSPS) is 24.5. The Labute approximate surface area is 79.1 Å². The average molecular weight is 185 g/mol. The van der Waals surface area contributed by atoms with E-state index in [9.17, 15) is 4.79 Å². The van der Waals surface area contributed by atoms with Crippen LogP contribution in [0.15, 0.2) is 0 Å². The lowest BCUT2D eigenvalue weighted by atomic mass is 9.89. The maximum Gasteiger partial charge on any atom is 0.558 e. The summed E-state index contributed by atoms with van der Waals surface area (Å²) in [6, 6.07) is 0. The van der Waals surface area contributed by atoms with Gasteiger partial charge in [0.25, 0.3) is 0 Å². The monoisotopic (exact) mass is 185 g/mol. The van der Waals surface area contributed by atoms with Crippen LogP contribution in [-0.4, -0.2) is 31.2 Å². The molecule has 1 aliphatic heterocycles. The van der Waals surface area contributed by atoms with Gasteiger partial charge in [0.1, 0.15) is 0 Å². The fraction of sp³-hybridized carbons (Fsp3) is 0.875. The van der Waals surface area contributed by atoms with Crippen molar-refractivity contribution < 1.29 is 14.1 Å². The van der Waals surface area contributed by atoms with Crippen LogP contribution in [0.2, 0.25) is 0 Å². The molecule has 1 heterocycles. The van der Waals surface area contributed by atoms with Crippen LogP contribution < -0.4 is 5.32 Å². The summed E-state index contributed by atoms with van der Waals surface area (Å²) < 4.78 is 11.0. The summed E-state index contributed by atoms with van der Waals surface area (Å²) in [5.41, 5.74) is -0.881. The summed E-state index contributed by atoms with van der Waals surface area (Å²) in [5.74, 6) is -0.237. The highest BCUT2D eigenvalue weighted by Gasteiger charge is 2.54. The molecule has 0 bridgehead atoms. The van der Waals surface area contributed by atoms with Crippen molar-refractivity contribution in [2.24, 2.45) is 0 Å². The molecule has 1 N–H and O–H groups in total. The van der Waals surface area contributed by atoms with Crippen LogP contribution in [0.1, 0.15) is 27.7 Å². The molecule has 5 heteroatoms. The van der Waals surface area contributed by atoms with Crippen LogP contribution in [0.3, 0.4) is 0 Å². The SMILES string of the molecule is CNC(=O)B1OC(C)(C)C(C)(C)O1. The van der Waals surface area contributed by atoms with E-state index in [1.165, 1.54) is 0 Å². The van der Waals surface area contributed by atoms with Crippen LogP contribution in [0, 0.1) is 0 Å². The number of rotatable bonds is 1. The third kappa shape index (κ3) is 1.71. The van der Waals surface area contributed by atoms with E-state index in [-0.39, 0.29) is 5.81 Å². The first-order valence-corrected chi connectivity index (χ1v) is 4.37. The zero-order valence-electron chi connectivity index (χ0n) is 8.80.